The van der Waals surface area contributed by atoms with Crippen LogP contribution in [0.1, 0.15) is 52.9 Å². The molecule has 1 aliphatic carbocycles. The molecule has 4 rings (SSSR count). The fourth-order valence-corrected chi connectivity index (χ4v) is 3.49. The van der Waals surface area contributed by atoms with E-state index in [1.54, 1.807) is 19.2 Å². The molecular formula is C21H21NO4. The molecule has 26 heavy (non-hydrogen) atoms. The third-order valence-electron chi connectivity index (χ3n) is 5.03. The number of methoxy groups -OCH3 is 1. The van der Waals surface area contributed by atoms with Crippen molar-refractivity contribution in [3.05, 3.63) is 65.2 Å². The van der Waals surface area contributed by atoms with E-state index >= 15 is 0 Å². The highest BCUT2D eigenvalue weighted by Gasteiger charge is 2.36. The molecule has 5 heteroatoms. The zero-order valence-corrected chi connectivity index (χ0v) is 14.6. The van der Waals surface area contributed by atoms with Crippen molar-refractivity contribution in [1.82, 2.24) is 5.32 Å². The molecule has 1 fully saturated rings. The molecule has 5 nitrogen and oxygen atoms in total. The summed E-state index contributed by atoms with van der Waals surface area (Å²) in [6.45, 7) is 0. The Balaban J connectivity index is 1.45. The average Bonchev–Trinajstić information content (AvgIpc) is 3.46. The lowest BCUT2D eigenvalue weighted by molar-refractivity contribution is -0.123. The second-order valence-electron chi connectivity index (χ2n) is 6.84. The first-order chi connectivity index (χ1) is 12.7. The molecule has 1 aliphatic heterocycles. The van der Waals surface area contributed by atoms with Gasteiger partial charge < -0.3 is 14.8 Å². The van der Waals surface area contributed by atoms with Crippen LogP contribution in [-0.4, -0.2) is 19.0 Å². The number of nitrogens with one attached hydrogen (secondary N) is 1. The van der Waals surface area contributed by atoms with E-state index in [0.29, 0.717) is 11.5 Å². The fourth-order valence-electron chi connectivity index (χ4n) is 3.49. The van der Waals surface area contributed by atoms with Crippen molar-refractivity contribution < 1.29 is 19.1 Å². The predicted molar refractivity (Wildman–Crippen MR) is 95.8 cm³/mol. The standard InChI is InChI=1S/C21H21NO4/c1-25-15-10-8-14(9-11-15)20(13-6-7-13)22-19(23)12-18-16-4-2-3-5-17(16)21(24)26-18/h2-5,8-11,13,18,20H,6-7,12H2,1H3,(H,22,23). The number of ether oxygens (including phenoxy) is 2. The minimum absolute atomic E-state index is 0.0132. The van der Waals surface area contributed by atoms with E-state index in [4.69, 9.17) is 9.47 Å². The van der Waals surface area contributed by atoms with Crippen molar-refractivity contribution in [2.75, 3.05) is 7.11 Å². The van der Waals surface area contributed by atoms with Gasteiger partial charge in [0.25, 0.3) is 0 Å². The Bertz CT molecular complexity index is 826. The summed E-state index contributed by atoms with van der Waals surface area (Å²) in [5.41, 5.74) is 2.42. The maximum Gasteiger partial charge on any atom is 0.339 e. The Kier molecular flexibility index (Phi) is 4.37. The van der Waals surface area contributed by atoms with E-state index in [2.05, 4.69) is 5.32 Å². The van der Waals surface area contributed by atoms with Gasteiger partial charge >= 0.3 is 5.97 Å². The van der Waals surface area contributed by atoms with Crippen LogP contribution in [0, 0.1) is 5.92 Å². The summed E-state index contributed by atoms with van der Waals surface area (Å²) in [5.74, 6) is 0.800. The third-order valence-corrected chi connectivity index (χ3v) is 5.03. The molecule has 1 N–H and O–H groups in total. The van der Waals surface area contributed by atoms with Crippen LogP contribution in [0.2, 0.25) is 0 Å². The number of carbonyl (C=O) groups is 2. The van der Waals surface area contributed by atoms with Crippen molar-refractivity contribution in [2.24, 2.45) is 5.92 Å². The number of amides is 1. The summed E-state index contributed by atoms with van der Waals surface area (Å²) in [6, 6.07) is 15.0. The summed E-state index contributed by atoms with van der Waals surface area (Å²) in [4.78, 5) is 24.5. The second-order valence-corrected chi connectivity index (χ2v) is 6.84. The molecule has 2 atom stereocenters. The summed E-state index contributed by atoms with van der Waals surface area (Å²) < 4.78 is 10.6. The predicted octanol–water partition coefficient (Wildman–Crippen LogP) is 3.56. The topological polar surface area (TPSA) is 64.6 Å². The highest BCUT2D eigenvalue weighted by Crippen LogP contribution is 2.41. The Labute approximate surface area is 152 Å². The van der Waals surface area contributed by atoms with Gasteiger partial charge in [-0.05, 0) is 42.5 Å². The smallest absolute Gasteiger partial charge is 0.339 e. The Morgan fingerprint density at radius 2 is 1.92 bits per heavy atom. The van der Waals surface area contributed by atoms with Gasteiger partial charge in [0.2, 0.25) is 5.91 Å². The molecule has 1 heterocycles. The van der Waals surface area contributed by atoms with Gasteiger partial charge in [0, 0.05) is 5.56 Å². The minimum atomic E-state index is -0.505. The van der Waals surface area contributed by atoms with Crippen molar-refractivity contribution in [2.45, 2.75) is 31.4 Å². The number of carbonyl (C=O) groups excluding carboxylic acids is 2. The Morgan fingerprint density at radius 1 is 1.19 bits per heavy atom. The normalized spacial score (nSPS) is 19.4. The van der Waals surface area contributed by atoms with Gasteiger partial charge in [0.05, 0.1) is 25.1 Å². The van der Waals surface area contributed by atoms with E-state index in [0.717, 1.165) is 29.7 Å². The number of cyclic esters (lactones) is 1. The number of rotatable bonds is 6. The third kappa shape index (κ3) is 3.29. The SMILES string of the molecule is COc1ccc(C(NC(=O)CC2OC(=O)c3ccccc32)C2CC2)cc1. The number of hydrogen-bond acceptors (Lipinski definition) is 4. The lowest BCUT2D eigenvalue weighted by Crippen LogP contribution is -2.31. The van der Waals surface area contributed by atoms with Gasteiger partial charge in [-0.3, -0.25) is 4.79 Å². The van der Waals surface area contributed by atoms with Crippen LogP contribution in [-0.2, 0) is 9.53 Å². The first kappa shape index (κ1) is 16.6. The van der Waals surface area contributed by atoms with Crippen molar-refractivity contribution in [3.63, 3.8) is 0 Å². The Hall–Kier alpha value is -2.82. The van der Waals surface area contributed by atoms with E-state index in [9.17, 15) is 9.59 Å². The largest absolute Gasteiger partial charge is 0.497 e. The fraction of sp³-hybridized carbons (Fsp3) is 0.333. The second kappa shape index (κ2) is 6.83. The van der Waals surface area contributed by atoms with Crippen molar-refractivity contribution in [1.29, 1.82) is 0 Å². The molecule has 2 unspecified atom stereocenters. The van der Waals surface area contributed by atoms with Gasteiger partial charge in [0.1, 0.15) is 11.9 Å². The molecule has 0 radical (unpaired) electrons. The van der Waals surface area contributed by atoms with Gasteiger partial charge in [-0.25, -0.2) is 4.79 Å². The van der Waals surface area contributed by atoms with Gasteiger partial charge in [-0.1, -0.05) is 30.3 Å². The van der Waals surface area contributed by atoms with Gasteiger partial charge in [0.15, 0.2) is 0 Å². The average molecular weight is 351 g/mol. The van der Waals surface area contributed by atoms with Crippen LogP contribution in [0.5, 0.6) is 5.75 Å². The number of fused-ring (bicyclic) bond motifs is 1. The molecule has 0 aromatic heterocycles. The highest BCUT2D eigenvalue weighted by molar-refractivity contribution is 5.94. The van der Waals surface area contributed by atoms with Crippen molar-refractivity contribution >= 4 is 11.9 Å². The molecule has 0 bridgehead atoms. The molecule has 0 spiro atoms. The van der Waals surface area contributed by atoms with Gasteiger partial charge in [-0.2, -0.15) is 0 Å². The summed E-state index contributed by atoms with van der Waals surface area (Å²) in [5, 5.41) is 3.13. The summed E-state index contributed by atoms with van der Waals surface area (Å²) in [6.07, 6.45) is 1.85. The first-order valence-corrected chi connectivity index (χ1v) is 8.89. The summed E-state index contributed by atoms with van der Waals surface area (Å²) in [7, 11) is 1.63. The Morgan fingerprint density at radius 3 is 2.62 bits per heavy atom. The number of benzene rings is 2. The van der Waals surface area contributed by atoms with E-state index in [1.165, 1.54) is 0 Å². The van der Waals surface area contributed by atoms with Crippen molar-refractivity contribution in [3.8, 4) is 5.75 Å². The maximum absolute atomic E-state index is 12.6. The molecule has 2 aromatic carbocycles. The van der Waals surface area contributed by atoms with Crippen LogP contribution in [0.15, 0.2) is 48.5 Å². The van der Waals surface area contributed by atoms with Gasteiger partial charge in [-0.15, -0.1) is 0 Å². The molecule has 1 saturated carbocycles. The minimum Gasteiger partial charge on any atom is -0.497 e. The summed E-state index contributed by atoms with van der Waals surface area (Å²) >= 11 is 0. The first-order valence-electron chi connectivity index (χ1n) is 8.89. The molecule has 134 valence electrons. The highest BCUT2D eigenvalue weighted by atomic mass is 16.5. The van der Waals surface area contributed by atoms with Crippen LogP contribution in [0.25, 0.3) is 0 Å². The molecule has 0 saturated heterocycles. The molecule has 2 aliphatic rings. The van der Waals surface area contributed by atoms with Crippen LogP contribution >= 0.6 is 0 Å². The lowest BCUT2D eigenvalue weighted by atomic mass is 10.0. The van der Waals surface area contributed by atoms with E-state index in [-0.39, 0.29) is 24.3 Å². The lowest BCUT2D eigenvalue weighted by Gasteiger charge is -2.20. The molecule has 2 aromatic rings. The molecule has 1 amide bonds. The zero-order valence-electron chi connectivity index (χ0n) is 14.6. The number of esters is 1. The maximum atomic E-state index is 12.6. The number of hydrogen-bond donors (Lipinski definition) is 1. The molecular weight excluding hydrogens is 330 g/mol. The van der Waals surface area contributed by atoms with Crippen LogP contribution in [0.3, 0.4) is 0 Å². The monoisotopic (exact) mass is 351 g/mol. The van der Waals surface area contributed by atoms with E-state index < -0.39 is 6.10 Å². The quantitative estimate of drug-likeness (QED) is 0.808. The van der Waals surface area contributed by atoms with E-state index in [1.807, 2.05) is 36.4 Å². The zero-order chi connectivity index (χ0) is 18.1. The van der Waals surface area contributed by atoms with Crippen LogP contribution in [0.4, 0.5) is 0 Å². The van der Waals surface area contributed by atoms with Crippen LogP contribution < -0.4 is 10.1 Å².